The molecule has 0 saturated heterocycles. The van der Waals surface area contributed by atoms with Crippen LogP contribution in [0.2, 0.25) is 0 Å². The van der Waals surface area contributed by atoms with Gasteiger partial charge < -0.3 is 9.47 Å². The largest absolute Gasteiger partial charge is 0.493 e. The summed E-state index contributed by atoms with van der Waals surface area (Å²) in [6.45, 7) is 1.22. The van der Waals surface area contributed by atoms with Gasteiger partial charge in [-0.1, -0.05) is 24.3 Å². The quantitative estimate of drug-likeness (QED) is 0.128. The molecule has 0 radical (unpaired) electrons. The van der Waals surface area contributed by atoms with Crippen LogP contribution >= 0.6 is 0 Å². The Morgan fingerprint density at radius 2 is 0.682 bits per heavy atom. The fraction of sp³-hybridized carbons (Fsp3) is 0.167. The van der Waals surface area contributed by atoms with E-state index in [0.717, 1.165) is 82.7 Å². The highest BCUT2D eigenvalue weighted by molar-refractivity contribution is 5.65. The van der Waals surface area contributed by atoms with E-state index in [-0.39, 0.29) is 0 Å². The van der Waals surface area contributed by atoms with Crippen LogP contribution in [0, 0.1) is 0 Å². The van der Waals surface area contributed by atoms with Crippen molar-refractivity contribution < 1.29 is 9.47 Å². The van der Waals surface area contributed by atoms with E-state index in [4.69, 9.17) is 19.4 Å². The predicted octanol–water partition coefficient (Wildman–Crippen LogP) is 7.74. The Kier molecular flexibility index (Phi) is 9.49. The topological polar surface area (TPSA) is 95.8 Å². The molecule has 0 aliphatic rings. The molecule has 0 amide bonds. The van der Waals surface area contributed by atoms with Gasteiger partial charge in [-0.15, -0.1) is 0 Å². The van der Waals surface area contributed by atoms with Crippen molar-refractivity contribution in [3.8, 4) is 57.1 Å². The number of hydrogen-bond acceptors (Lipinski definition) is 8. The molecule has 0 aliphatic carbocycles. The van der Waals surface area contributed by atoms with Crippen LogP contribution in [0.5, 0.6) is 11.5 Å². The lowest BCUT2D eigenvalue weighted by Gasteiger charge is -2.11. The van der Waals surface area contributed by atoms with Crippen LogP contribution in [-0.4, -0.2) is 43.1 Å². The summed E-state index contributed by atoms with van der Waals surface area (Å²) in [5.74, 6) is 1.52. The van der Waals surface area contributed by atoms with E-state index in [1.54, 1.807) is 24.8 Å². The summed E-state index contributed by atoms with van der Waals surface area (Å²) in [5.41, 5.74) is 6.22. The highest BCUT2D eigenvalue weighted by Crippen LogP contribution is 2.28. The summed E-state index contributed by atoms with van der Waals surface area (Å²) < 4.78 is 12.3. The molecular weight excluding hydrogens is 548 g/mol. The van der Waals surface area contributed by atoms with Gasteiger partial charge >= 0.3 is 0 Å². The van der Waals surface area contributed by atoms with Gasteiger partial charge in [0.05, 0.1) is 58.8 Å². The number of aromatic nitrogens is 6. The number of nitrogens with zero attached hydrogens (tertiary/aromatic N) is 6. The summed E-state index contributed by atoms with van der Waals surface area (Å²) in [5, 5.41) is 0. The van der Waals surface area contributed by atoms with Crippen molar-refractivity contribution in [1.82, 2.24) is 29.9 Å². The molecule has 6 rings (SSSR count). The first-order valence-electron chi connectivity index (χ1n) is 14.8. The van der Waals surface area contributed by atoms with Crippen molar-refractivity contribution in [2.45, 2.75) is 25.7 Å². The lowest BCUT2D eigenvalue weighted by atomic mass is 10.1. The second kappa shape index (κ2) is 14.6. The zero-order chi connectivity index (χ0) is 29.8. The van der Waals surface area contributed by atoms with Gasteiger partial charge in [0.25, 0.3) is 0 Å². The zero-order valence-corrected chi connectivity index (χ0v) is 24.3. The SMILES string of the molecule is c1ccc(-c2cc(OCCCCCCOc3cc(-c4ccccn4)nc(-c4ccccn4)c3)cc(-c3ccccn3)n2)nc1. The Bertz CT molecular complexity index is 1510. The van der Waals surface area contributed by atoms with Gasteiger partial charge in [-0.25, -0.2) is 9.97 Å². The molecule has 0 fully saturated rings. The van der Waals surface area contributed by atoms with Gasteiger partial charge in [-0.05, 0) is 74.2 Å². The Hall–Kier alpha value is -5.50. The van der Waals surface area contributed by atoms with Gasteiger partial charge in [-0.2, -0.15) is 0 Å². The predicted molar refractivity (Wildman–Crippen MR) is 171 cm³/mol. The molecule has 0 bridgehead atoms. The summed E-state index contributed by atoms with van der Waals surface area (Å²) in [6.07, 6.45) is 11.0. The van der Waals surface area contributed by atoms with Crippen LogP contribution in [0.25, 0.3) is 45.6 Å². The second-order valence-corrected chi connectivity index (χ2v) is 10.1. The molecule has 0 N–H and O–H groups in total. The van der Waals surface area contributed by atoms with Gasteiger partial charge in [0.1, 0.15) is 11.5 Å². The molecule has 0 spiro atoms. The smallest absolute Gasteiger partial charge is 0.123 e. The number of ether oxygens (including phenoxy) is 2. The van der Waals surface area contributed by atoms with Crippen LogP contribution in [0.4, 0.5) is 0 Å². The van der Waals surface area contributed by atoms with Gasteiger partial charge in [-0.3, -0.25) is 19.9 Å². The molecule has 0 aromatic carbocycles. The van der Waals surface area contributed by atoms with E-state index < -0.39 is 0 Å². The first-order valence-corrected chi connectivity index (χ1v) is 14.8. The van der Waals surface area contributed by atoms with Crippen LogP contribution in [0.15, 0.2) is 122 Å². The van der Waals surface area contributed by atoms with Gasteiger partial charge in [0.15, 0.2) is 0 Å². The van der Waals surface area contributed by atoms with E-state index in [9.17, 15) is 0 Å². The zero-order valence-electron chi connectivity index (χ0n) is 24.3. The second-order valence-electron chi connectivity index (χ2n) is 10.1. The van der Waals surface area contributed by atoms with Crippen LogP contribution in [-0.2, 0) is 0 Å². The minimum absolute atomic E-state index is 0.611. The lowest BCUT2D eigenvalue weighted by Crippen LogP contribution is -2.02. The van der Waals surface area contributed by atoms with Crippen molar-refractivity contribution in [2.75, 3.05) is 13.2 Å². The van der Waals surface area contributed by atoms with Crippen LogP contribution < -0.4 is 9.47 Å². The third kappa shape index (κ3) is 7.66. The maximum atomic E-state index is 6.17. The molecule has 0 atom stereocenters. The summed E-state index contributed by atoms with van der Waals surface area (Å²) in [7, 11) is 0. The van der Waals surface area contributed by atoms with Gasteiger partial charge in [0, 0.05) is 49.1 Å². The first kappa shape index (κ1) is 28.6. The summed E-state index contributed by atoms with van der Waals surface area (Å²) in [4.78, 5) is 27.4. The maximum Gasteiger partial charge on any atom is 0.123 e. The van der Waals surface area contributed by atoms with Crippen LogP contribution in [0.3, 0.4) is 0 Å². The lowest BCUT2D eigenvalue weighted by molar-refractivity contribution is 0.287. The average Bonchev–Trinajstić information content (AvgIpc) is 3.10. The van der Waals surface area contributed by atoms with Gasteiger partial charge in [0.2, 0.25) is 0 Å². The molecule has 218 valence electrons. The molecule has 6 aromatic heterocycles. The Balaban J connectivity index is 1.02. The summed E-state index contributed by atoms with van der Waals surface area (Å²) in [6, 6.07) is 30.9. The highest BCUT2D eigenvalue weighted by Gasteiger charge is 2.11. The van der Waals surface area contributed by atoms with E-state index >= 15 is 0 Å². The molecule has 44 heavy (non-hydrogen) atoms. The number of hydrogen-bond donors (Lipinski definition) is 0. The van der Waals surface area contributed by atoms with Crippen molar-refractivity contribution >= 4 is 0 Å². The van der Waals surface area contributed by atoms with E-state index in [0.29, 0.717) is 13.2 Å². The normalized spacial score (nSPS) is 10.8. The molecule has 0 unspecified atom stereocenters. The van der Waals surface area contributed by atoms with Crippen molar-refractivity contribution in [3.05, 3.63) is 122 Å². The minimum Gasteiger partial charge on any atom is -0.493 e. The molecule has 0 saturated carbocycles. The van der Waals surface area contributed by atoms with Crippen LogP contribution in [0.1, 0.15) is 25.7 Å². The molecule has 6 aromatic rings. The molecule has 8 heteroatoms. The maximum absolute atomic E-state index is 6.17. The molecule has 6 heterocycles. The number of unbranched alkanes of at least 4 members (excludes halogenated alkanes) is 3. The Morgan fingerprint density at radius 3 is 0.955 bits per heavy atom. The van der Waals surface area contributed by atoms with E-state index in [1.165, 1.54) is 0 Å². The van der Waals surface area contributed by atoms with Crippen molar-refractivity contribution in [2.24, 2.45) is 0 Å². The highest BCUT2D eigenvalue weighted by atomic mass is 16.5. The number of rotatable bonds is 13. The fourth-order valence-electron chi connectivity index (χ4n) is 4.70. The summed E-state index contributed by atoms with van der Waals surface area (Å²) >= 11 is 0. The standard InChI is InChI=1S/C36H32N6O2/c1(11-21-43-27-23-33(29-13-3-7-17-37-29)41-34(24-27)30-14-4-8-18-38-30)2-12-22-44-28-25-35(31-15-5-9-19-39-31)42-36(26-28)32-16-6-10-20-40-32/h3-10,13-20,23-26H,1-2,11-12,21-22H2. The van der Waals surface area contributed by atoms with Crippen molar-refractivity contribution in [3.63, 3.8) is 0 Å². The molecule has 8 nitrogen and oxygen atoms in total. The van der Waals surface area contributed by atoms with Crippen molar-refractivity contribution in [1.29, 1.82) is 0 Å². The Morgan fingerprint density at radius 1 is 0.364 bits per heavy atom. The van der Waals surface area contributed by atoms with E-state index in [2.05, 4.69) is 19.9 Å². The Labute approximate surface area is 256 Å². The monoisotopic (exact) mass is 580 g/mol. The third-order valence-electron chi connectivity index (χ3n) is 6.88. The molecular formula is C36H32N6O2. The minimum atomic E-state index is 0.611. The number of pyridine rings is 6. The van der Waals surface area contributed by atoms with E-state index in [1.807, 2.05) is 97.1 Å². The molecule has 0 aliphatic heterocycles. The fourth-order valence-corrected chi connectivity index (χ4v) is 4.70. The first-order chi connectivity index (χ1) is 21.8. The third-order valence-corrected chi connectivity index (χ3v) is 6.88. The average molecular weight is 581 g/mol.